The number of unbranched alkanes of at least 4 members (excludes halogenated alkanes) is 2. The molecule has 0 spiro atoms. The van der Waals surface area contributed by atoms with Gasteiger partial charge in [0.1, 0.15) is 0 Å². The Balaban J connectivity index is 2.20. The molecule has 0 fully saturated rings. The molecule has 0 radical (unpaired) electrons. The predicted molar refractivity (Wildman–Crippen MR) is 48.9 cm³/mol. The molecule has 0 aliphatic heterocycles. The van der Waals surface area contributed by atoms with Crippen LogP contribution in [0.3, 0.4) is 0 Å². The zero-order valence-corrected chi connectivity index (χ0v) is 7.69. The minimum Gasteiger partial charge on any atom is -0.396 e. The van der Waals surface area contributed by atoms with Gasteiger partial charge in [-0.1, -0.05) is 5.21 Å². The van der Waals surface area contributed by atoms with Crippen LogP contribution >= 0.6 is 0 Å². The smallest absolute Gasteiger partial charge is 0.0962 e. The second-order valence-electron chi connectivity index (χ2n) is 2.96. The maximum absolute atomic E-state index is 8.55. The molecule has 1 rings (SSSR count). The maximum atomic E-state index is 8.55. The largest absolute Gasteiger partial charge is 0.396 e. The molecule has 0 saturated carbocycles. The predicted octanol–water partition coefficient (Wildman–Crippen LogP) is -0.101. The van der Waals surface area contributed by atoms with Crippen molar-refractivity contribution in [3.8, 4) is 0 Å². The monoisotopic (exact) mass is 184 g/mol. The van der Waals surface area contributed by atoms with E-state index in [0.29, 0.717) is 6.54 Å². The van der Waals surface area contributed by atoms with E-state index in [9.17, 15) is 0 Å². The van der Waals surface area contributed by atoms with Crippen LogP contribution in [0.25, 0.3) is 0 Å². The van der Waals surface area contributed by atoms with Gasteiger partial charge in [0, 0.05) is 25.9 Å². The third kappa shape index (κ3) is 3.52. The molecule has 5 heteroatoms. The van der Waals surface area contributed by atoms with Crippen LogP contribution in [0.1, 0.15) is 25.0 Å². The van der Waals surface area contributed by atoms with E-state index in [1.54, 1.807) is 4.68 Å². The quantitative estimate of drug-likeness (QED) is 0.605. The van der Waals surface area contributed by atoms with Gasteiger partial charge in [-0.3, -0.25) is 4.68 Å². The second-order valence-corrected chi connectivity index (χ2v) is 2.96. The number of nitrogens with zero attached hydrogens (tertiary/aromatic N) is 3. The van der Waals surface area contributed by atoms with Gasteiger partial charge in [0.05, 0.1) is 5.69 Å². The molecule has 1 aromatic heterocycles. The summed E-state index contributed by atoms with van der Waals surface area (Å²) in [5.74, 6) is 0. The van der Waals surface area contributed by atoms with E-state index in [4.69, 9.17) is 10.8 Å². The molecular formula is C8H16N4O. The number of rotatable bonds is 6. The van der Waals surface area contributed by atoms with Crippen LogP contribution in [-0.4, -0.2) is 26.7 Å². The molecule has 5 nitrogen and oxygen atoms in total. The molecule has 0 amide bonds. The minimum absolute atomic E-state index is 0.269. The fraction of sp³-hybridized carbons (Fsp3) is 0.750. The standard InChI is InChI=1S/C8H16N4O/c9-6-8-7-12(11-10-8)4-2-1-3-5-13/h7,13H,1-6,9H2. The summed E-state index contributed by atoms with van der Waals surface area (Å²) in [6.45, 7) is 1.56. The lowest BCUT2D eigenvalue weighted by atomic mass is 10.2. The molecule has 0 atom stereocenters. The second kappa shape index (κ2) is 5.66. The average Bonchev–Trinajstić information content (AvgIpc) is 2.60. The molecule has 0 aromatic carbocycles. The van der Waals surface area contributed by atoms with Gasteiger partial charge < -0.3 is 10.8 Å². The van der Waals surface area contributed by atoms with E-state index in [2.05, 4.69) is 10.3 Å². The molecule has 13 heavy (non-hydrogen) atoms. The lowest BCUT2D eigenvalue weighted by Crippen LogP contribution is -1.99. The van der Waals surface area contributed by atoms with Crippen LogP contribution in [0, 0.1) is 0 Å². The van der Waals surface area contributed by atoms with Crippen molar-refractivity contribution in [3.05, 3.63) is 11.9 Å². The van der Waals surface area contributed by atoms with Crippen LogP contribution in [0.2, 0.25) is 0 Å². The molecule has 0 aliphatic rings. The first-order valence-electron chi connectivity index (χ1n) is 4.56. The van der Waals surface area contributed by atoms with Crippen LogP contribution in [0.5, 0.6) is 0 Å². The van der Waals surface area contributed by atoms with Gasteiger partial charge in [-0.25, -0.2) is 0 Å². The zero-order chi connectivity index (χ0) is 9.52. The fourth-order valence-electron chi connectivity index (χ4n) is 1.10. The molecule has 1 aromatic rings. The third-order valence-electron chi connectivity index (χ3n) is 1.84. The summed E-state index contributed by atoms with van der Waals surface area (Å²) >= 11 is 0. The first kappa shape index (κ1) is 10.1. The molecule has 0 unspecified atom stereocenters. The van der Waals surface area contributed by atoms with Gasteiger partial charge in [0.15, 0.2) is 0 Å². The van der Waals surface area contributed by atoms with Crippen molar-refractivity contribution in [2.75, 3.05) is 6.61 Å². The van der Waals surface area contributed by atoms with Crippen LogP contribution in [-0.2, 0) is 13.1 Å². The van der Waals surface area contributed by atoms with Crippen molar-refractivity contribution in [1.29, 1.82) is 0 Å². The van der Waals surface area contributed by atoms with E-state index in [-0.39, 0.29) is 6.61 Å². The van der Waals surface area contributed by atoms with Gasteiger partial charge >= 0.3 is 0 Å². The summed E-state index contributed by atoms with van der Waals surface area (Å²) in [4.78, 5) is 0. The zero-order valence-electron chi connectivity index (χ0n) is 7.69. The van der Waals surface area contributed by atoms with Gasteiger partial charge in [0.2, 0.25) is 0 Å². The normalized spacial score (nSPS) is 10.6. The lowest BCUT2D eigenvalue weighted by Gasteiger charge is -1.98. The van der Waals surface area contributed by atoms with Crippen molar-refractivity contribution in [2.45, 2.75) is 32.4 Å². The van der Waals surface area contributed by atoms with E-state index >= 15 is 0 Å². The Labute approximate surface area is 77.6 Å². The van der Waals surface area contributed by atoms with Gasteiger partial charge in [-0.15, -0.1) is 5.10 Å². The van der Waals surface area contributed by atoms with Crippen molar-refractivity contribution in [1.82, 2.24) is 15.0 Å². The maximum Gasteiger partial charge on any atom is 0.0962 e. The summed E-state index contributed by atoms with van der Waals surface area (Å²) in [6, 6.07) is 0. The first-order valence-corrected chi connectivity index (χ1v) is 4.56. The molecule has 3 N–H and O–H groups in total. The number of aromatic nitrogens is 3. The van der Waals surface area contributed by atoms with E-state index in [1.165, 1.54) is 0 Å². The molecule has 0 saturated heterocycles. The number of nitrogens with two attached hydrogens (primary N) is 1. The fourth-order valence-corrected chi connectivity index (χ4v) is 1.10. The number of aliphatic hydroxyl groups is 1. The van der Waals surface area contributed by atoms with Crippen molar-refractivity contribution < 1.29 is 5.11 Å². The van der Waals surface area contributed by atoms with Crippen LogP contribution in [0.15, 0.2) is 6.20 Å². The Kier molecular flexibility index (Phi) is 4.42. The molecule has 74 valence electrons. The third-order valence-corrected chi connectivity index (χ3v) is 1.84. The van der Waals surface area contributed by atoms with E-state index in [1.807, 2.05) is 6.20 Å². The summed E-state index contributed by atoms with van der Waals surface area (Å²) in [7, 11) is 0. The van der Waals surface area contributed by atoms with Gasteiger partial charge in [0.25, 0.3) is 0 Å². The Hall–Kier alpha value is -0.940. The lowest BCUT2D eigenvalue weighted by molar-refractivity contribution is 0.281. The SMILES string of the molecule is NCc1cn(CCCCCO)nn1. The van der Waals surface area contributed by atoms with Crippen molar-refractivity contribution in [3.63, 3.8) is 0 Å². The van der Waals surface area contributed by atoms with Crippen molar-refractivity contribution in [2.24, 2.45) is 5.73 Å². The highest BCUT2D eigenvalue weighted by Crippen LogP contribution is 1.98. The van der Waals surface area contributed by atoms with Crippen molar-refractivity contribution >= 4 is 0 Å². The topological polar surface area (TPSA) is 77.0 Å². The Bertz CT molecular complexity index is 236. The van der Waals surface area contributed by atoms with Gasteiger partial charge in [-0.05, 0) is 19.3 Å². The summed E-state index contributed by atoms with van der Waals surface area (Å²) < 4.78 is 1.79. The van der Waals surface area contributed by atoms with E-state index < -0.39 is 0 Å². The number of aliphatic hydroxyl groups excluding tert-OH is 1. The Morgan fingerprint density at radius 1 is 1.38 bits per heavy atom. The number of aryl methyl sites for hydroxylation is 1. The summed E-state index contributed by atoms with van der Waals surface area (Å²) in [5.41, 5.74) is 6.21. The van der Waals surface area contributed by atoms with Crippen LogP contribution in [0.4, 0.5) is 0 Å². The number of hydrogen-bond acceptors (Lipinski definition) is 4. The molecular weight excluding hydrogens is 168 g/mol. The van der Waals surface area contributed by atoms with Crippen LogP contribution < -0.4 is 5.73 Å². The number of hydrogen-bond donors (Lipinski definition) is 2. The highest BCUT2D eigenvalue weighted by Gasteiger charge is 1.97. The Morgan fingerprint density at radius 3 is 2.85 bits per heavy atom. The average molecular weight is 184 g/mol. The molecule has 1 heterocycles. The first-order chi connectivity index (χ1) is 6.36. The highest BCUT2D eigenvalue weighted by molar-refractivity contribution is 4.90. The minimum atomic E-state index is 0.269. The summed E-state index contributed by atoms with van der Waals surface area (Å²) in [6.07, 6.45) is 4.76. The molecule has 0 bridgehead atoms. The highest BCUT2D eigenvalue weighted by atomic mass is 16.2. The summed E-state index contributed by atoms with van der Waals surface area (Å²) in [5, 5.41) is 16.3. The molecule has 0 aliphatic carbocycles. The van der Waals surface area contributed by atoms with E-state index in [0.717, 1.165) is 31.5 Å². The Morgan fingerprint density at radius 2 is 2.23 bits per heavy atom. The van der Waals surface area contributed by atoms with Gasteiger partial charge in [-0.2, -0.15) is 0 Å².